The van der Waals surface area contributed by atoms with Gasteiger partial charge in [-0.3, -0.25) is 5.10 Å². The molecular formula is C14H18N4O. The van der Waals surface area contributed by atoms with Crippen LogP contribution in [0.4, 0.5) is 0 Å². The molecule has 0 spiro atoms. The van der Waals surface area contributed by atoms with Crippen LogP contribution in [0.2, 0.25) is 0 Å². The number of hydrogen-bond donors (Lipinski definition) is 2. The molecule has 0 aliphatic carbocycles. The van der Waals surface area contributed by atoms with Gasteiger partial charge in [-0.25, -0.2) is 0 Å². The van der Waals surface area contributed by atoms with Gasteiger partial charge in [0, 0.05) is 38.0 Å². The number of rotatable bonds is 4. The minimum Gasteiger partial charge on any atom is -0.387 e. The maximum Gasteiger partial charge on any atom is 0.0711 e. The normalized spacial score (nSPS) is 18.8. The molecule has 0 bridgehead atoms. The topological polar surface area (TPSA) is 53.2 Å². The Hall–Kier alpha value is -2.01. The smallest absolute Gasteiger partial charge is 0.0711 e. The third-order valence-corrected chi connectivity index (χ3v) is 3.50. The second-order valence-corrected chi connectivity index (χ2v) is 4.69. The van der Waals surface area contributed by atoms with Crippen molar-refractivity contribution in [1.29, 1.82) is 0 Å². The van der Waals surface area contributed by atoms with Crippen molar-refractivity contribution >= 4 is 10.9 Å². The maximum absolute atomic E-state index is 5.17. The molecule has 100 valence electrons. The van der Waals surface area contributed by atoms with Crippen LogP contribution in [-0.4, -0.2) is 41.9 Å². The van der Waals surface area contributed by atoms with Gasteiger partial charge in [-0.05, 0) is 11.6 Å². The number of H-pyrrole nitrogens is 1. The van der Waals surface area contributed by atoms with Crippen LogP contribution in [-0.2, 0) is 4.74 Å². The summed E-state index contributed by atoms with van der Waals surface area (Å²) in [5, 5.41) is 11.5. The highest BCUT2D eigenvalue weighted by Gasteiger charge is 2.20. The molecule has 5 nitrogen and oxygen atoms in total. The average Bonchev–Trinajstić information content (AvgIpc) is 2.92. The summed E-state index contributed by atoms with van der Waals surface area (Å²) in [5.41, 5.74) is 2.36. The van der Waals surface area contributed by atoms with E-state index in [0.29, 0.717) is 6.04 Å². The molecule has 0 fully saturated rings. The van der Waals surface area contributed by atoms with Crippen LogP contribution in [0.25, 0.3) is 10.9 Å². The third kappa shape index (κ3) is 2.42. The molecule has 2 aromatic rings. The van der Waals surface area contributed by atoms with Crippen molar-refractivity contribution in [3.63, 3.8) is 0 Å². The van der Waals surface area contributed by atoms with Gasteiger partial charge in [-0.2, -0.15) is 5.10 Å². The second-order valence-electron chi connectivity index (χ2n) is 4.69. The molecule has 0 radical (unpaired) electrons. The van der Waals surface area contributed by atoms with Crippen molar-refractivity contribution in [2.24, 2.45) is 0 Å². The zero-order chi connectivity index (χ0) is 13.1. The predicted molar refractivity (Wildman–Crippen MR) is 74.6 cm³/mol. The van der Waals surface area contributed by atoms with Crippen LogP contribution >= 0.6 is 0 Å². The molecule has 3 rings (SSSR count). The van der Waals surface area contributed by atoms with E-state index in [0.717, 1.165) is 30.6 Å². The van der Waals surface area contributed by atoms with Gasteiger partial charge in [0.05, 0.1) is 24.4 Å². The molecule has 19 heavy (non-hydrogen) atoms. The maximum atomic E-state index is 5.17. The van der Waals surface area contributed by atoms with Gasteiger partial charge in [0.15, 0.2) is 0 Å². The van der Waals surface area contributed by atoms with Crippen molar-refractivity contribution in [3.05, 3.63) is 42.4 Å². The third-order valence-electron chi connectivity index (χ3n) is 3.50. The first-order valence-electron chi connectivity index (χ1n) is 6.46. The molecule has 2 N–H and O–H groups in total. The van der Waals surface area contributed by atoms with E-state index in [9.17, 15) is 0 Å². The zero-order valence-electron chi connectivity index (χ0n) is 11.0. The van der Waals surface area contributed by atoms with Crippen LogP contribution in [0.5, 0.6) is 0 Å². The Labute approximate surface area is 112 Å². The summed E-state index contributed by atoms with van der Waals surface area (Å²) in [7, 11) is 1.73. The Bertz CT molecular complexity index is 578. The number of nitrogens with one attached hydrogen (secondary N) is 2. The van der Waals surface area contributed by atoms with E-state index in [1.807, 2.05) is 12.4 Å². The van der Waals surface area contributed by atoms with Crippen LogP contribution in [0.15, 0.2) is 36.8 Å². The quantitative estimate of drug-likeness (QED) is 0.875. The van der Waals surface area contributed by atoms with E-state index in [1.54, 1.807) is 7.11 Å². The molecule has 1 unspecified atom stereocenters. The van der Waals surface area contributed by atoms with Gasteiger partial charge in [0.1, 0.15) is 0 Å². The molecule has 5 heteroatoms. The number of ether oxygens (including phenoxy) is 1. The number of fused-ring (bicyclic) bond motifs is 1. The summed E-state index contributed by atoms with van der Waals surface area (Å²) in [6, 6.07) is 6.78. The molecule has 0 saturated carbocycles. The number of hydrogen-bond acceptors (Lipinski definition) is 4. The molecular weight excluding hydrogens is 240 g/mol. The summed E-state index contributed by atoms with van der Waals surface area (Å²) >= 11 is 0. The molecule has 0 saturated heterocycles. The SMILES string of the molecule is COCCN1C=CNCC1c1ccc2cn[nH]c2c1. The second kappa shape index (κ2) is 5.32. The standard InChI is InChI=1S/C14H18N4O/c1-19-7-6-18-5-4-15-10-14(18)11-2-3-12-9-16-17-13(12)8-11/h2-5,8-9,14-15H,6-7,10H2,1H3,(H,16,17). The van der Waals surface area contributed by atoms with E-state index < -0.39 is 0 Å². The van der Waals surface area contributed by atoms with Gasteiger partial charge >= 0.3 is 0 Å². The minimum atomic E-state index is 0.327. The Morgan fingerprint density at radius 2 is 2.42 bits per heavy atom. The van der Waals surface area contributed by atoms with Crippen molar-refractivity contribution < 1.29 is 4.74 Å². The fourth-order valence-electron chi connectivity index (χ4n) is 2.45. The van der Waals surface area contributed by atoms with E-state index in [-0.39, 0.29) is 0 Å². The number of methoxy groups -OCH3 is 1. The lowest BCUT2D eigenvalue weighted by molar-refractivity contribution is 0.147. The monoisotopic (exact) mass is 258 g/mol. The minimum absolute atomic E-state index is 0.327. The average molecular weight is 258 g/mol. The van der Waals surface area contributed by atoms with Crippen LogP contribution < -0.4 is 5.32 Å². The van der Waals surface area contributed by atoms with Gasteiger partial charge in [0.2, 0.25) is 0 Å². The molecule has 0 amide bonds. The van der Waals surface area contributed by atoms with Gasteiger partial charge in [0.25, 0.3) is 0 Å². The molecule has 1 aromatic heterocycles. The summed E-state index contributed by atoms with van der Waals surface area (Å²) in [4.78, 5) is 2.30. The molecule has 1 atom stereocenters. The highest BCUT2D eigenvalue weighted by Crippen LogP contribution is 2.25. The Morgan fingerprint density at radius 1 is 1.47 bits per heavy atom. The zero-order valence-corrected chi connectivity index (χ0v) is 11.0. The molecule has 1 aliphatic rings. The fraction of sp³-hybridized carbons (Fsp3) is 0.357. The van der Waals surface area contributed by atoms with Crippen LogP contribution in [0.3, 0.4) is 0 Å². The summed E-state index contributed by atoms with van der Waals surface area (Å²) in [6.07, 6.45) is 5.92. The number of nitrogens with zero attached hydrogens (tertiary/aromatic N) is 2. The van der Waals surface area contributed by atoms with E-state index in [4.69, 9.17) is 4.74 Å². The van der Waals surface area contributed by atoms with E-state index >= 15 is 0 Å². The number of aromatic nitrogens is 2. The van der Waals surface area contributed by atoms with Crippen LogP contribution in [0, 0.1) is 0 Å². The lowest BCUT2D eigenvalue weighted by Gasteiger charge is -2.34. The lowest BCUT2D eigenvalue weighted by Crippen LogP contribution is -2.36. The van der Waals surface area contributed by atoms with Crippen molar-refractivity contribution in [2.45, 2.75) is 6.04 Å². The molecule has 1 aromatic carbocycles. The lowest BCUT2D eigenvalue weighted by atomic mass is 10.0. The predicted octanol–water partition coefficient (Wildman–Crippen LogP) is 1.63. The molecule has 1 aliphatic heterocycles. The van der Waals surface area contributed by atoms with Gasteiger partial charge < -0.3 is 15.0 Å². The Balaban J connectivity index is 1.87. The van der Waals surface area contributed by atoms with Crippen LogP contribution in [0.1, 0.15) is 11.6 Å². The largest absolute Gasteiger partial charge is 0.387 e. The van der Waals surface area contributed by atoms with Crippen molar-refractivity contribution in [3.8, 4) is 0 Å². The summed E-state index contributed by atoms with van der Waals surface area (Å²) in [6.45, 7) is 2.52. The summed E-state index contributed by atoms with van der Waals surface area (Å²) in [5.74, 6) is 0. The van der Waals surface area contributed by atoms with E-state index in [1.165, 1.54) is 5.56 Å². The first-order valence-corrected chi connectivity index (χ1v) is 6.46. The number of benzene rings is 1. The number of aromatic amines is 1. The highest BCUT2D eigenvalue weighted by molar-refractivity contribution is 5.78. The Morgan fingerprint density at radius 3 is 3.32 bits per heavy atom. The van der Waals surface area contributed by atoms with Crippen molar-refractivity contribution in [1.82, 2.24) is 20.4 Å². The van der Waals surface area contributed by atoms with E-state index in [2.05, 4.69) is 44.8 Å². The Kier molecular flexibility index (Phi) is 3.37. The first kappa shape index (κ1) is 12.0. The summed E-state index contributed by atoms with van der Waals surface area (Å²) < 4.78 is 5.17. The van der Waals surface area contributed by atoms with Gasteiger partial charge in [-0.15, -0.1) is 0 Å². The van der Waals surface area contributed by atoms with Gasteiger partial charge in [-0.1, -0.05) is 12.1 Å². The van der Waals surface area contributed by atoms with Crippen molar-refractivity contribution in [2.75, 3.05) is 26.8 Å². The highest BCUT2D eigenvalue weighted by atomic mass is 16.5. The fourth-order valence-corrected chi connectivity index (χ4v) is 2.45. The first-order chi connectivity index (χ1) is 9.38. The molecule has 2 heterocycles.